The van der Waals surface area contributed by atoms with Gasteiger partial charge in [0.1, 0.15) is 0 Å². The van der Waals surface area contributed by atoms with Crippen LogP contribution in [0.25, 0.3) is 0 Å². The van der Waals surface area contributed by atoms with Crippen LogP contribution in [0.1, 0.15) is 40.0 Å². The number of likely N-dealkylation sites (tertiary alicyclic amines) is 1. The molecule has 1 aliphatic heterocycles. The monoisotopic (exact) mass is 286 g/mol. The van der Waals surface area contributed by atoms with Crippen LogP contribution in [0.3, 0.4) is 0 Å². The first-order chi connectivity index (χ1) is 9.54. The summed E-state index contributed by atoms with van der Waals surface area (Å²) in [6.07, 6.45) is 2.79. The molecule has 0 aromatic rings. The number of carbonyl (C=O) groups is 1. The molecule has 0 aliphatic carbocycles. The van der Waals surface area contributed by atoms with Crippen molar-refractivity contribution in [1.82, 2.24) is 4.90 Å². The van der Waals surface area contributed by atoms with E-state index in [0.717, 1.165) is 39.0 Å². The Hall–Kier alpha value is -0.650. The van der Waals surface area contributed by atoms with Gasteiger partial charge in [-0.25, -0.2) is 0 Å². The molecule has 118 valence electrons. The van der Waals surface area contributed by atoms with Crippen molar-refractivity contribution in [2.75, 3.05) is 32.9 Å². The maximum Gasteiger partial charge on any atom is 0.239 e. The van der Waals surface area contributed by atoms with Crippen LogP contribution >= 0.6 is 0 Å². The van der Waals surface area contributed by atoms with Crippen molar-refractivity contribution in [2.24, 2.45) is 11.7 Å². The molecule has 0 bridgehead atoms. The van der Waals surface area contributed by atoms with Gasteiger partial charge in [0.2, 0.25) is 5.91 Å². The van der Waals surface area contributed by atoms with E-state index in [1.54, 1.807) is 0 Å². The molecule has 20 heavy (non-hydrogen) atoms. The fourth-order valence-corrected chi connectivity index (χ4v) is 2.50. The Morgan fingerprint density at radius 3 is 2.50 bits per heavy atom. The van der Waals surface area contributed by atoms with Crippen LogP contribution in [-0.2, 0) is 14.3 Å². The van der Waals surface area contributed by atoms with Crippen LogP contribution in [0.4, 0.5) is 0 Å². The van der Waals surface area contributed by atoms with E-state index in [1.807, 2.05) is 11.8 Å². The van der Waals surface area contributed by atoms with Crippen molar-refractivity contribution in [1.29, 1.82) is 0 Å². The molecule has 1 amide bonds. The van der Waals surface area contributed by atoms with Gasteiger partial charge < -0.3 is 20.1 Å². The zero-order valence-electron chi connectivity index (χ0n) is 13.1. The molecule has 0 saturated carbocycles. The van der Waals surface area contributed by atoms with Gasteiger partial charge >= 0.3 is 0 Å². The van der Waals surface area contributed by atoms with E-state index in [-0.39, 0.29) is 18.1 Å². The fraction of sp³-hybridized carbons (Fsp3) is 0.933. The molecule has 1 atom stereocenters. The predicted molar refractivity (Wildman–Crippen MR) is 79.5 cm³/mol. The second-order valence-electron chi connectivity index (χ2n) is 5.83. The lowest BCUT2D eigenvalue weighted by Crippen LogP contribution is -2.48. The van der Waals surface area contributed by atoms with Crippen molar-refractivity contribution in [2.45, 2.75) is 52.2 Å². The normalized spacial score (nSPS) is 18.6. The maximum absolute atomic E-state index is 12.2. The van der Waals surface area contributed by atoms with Crippen LogP contribution < -0.4 is 5.73 Å². The molecular weight excluding hydrogens is 256 g/mol. The third-order valence-corrected chi connectivity index (χ3v) is 3.58. The SMILES string of the molecule is CCOCCOC1CCN(C(=O)[C@@H](N)CC(C)C)CC1. The molecule has 2 N–H and O–H groups in total. The highest BCUT2D eigenvalue weighted by Crippen LogP contribution is 2.15. The molecule has 0 aromatic carbocycles. The van der Waals surface area contributed by atoms with Gasteiger partial charge in [0, 0.05) is 19.7 Å². The van der Waals surface area contributed by atoms with Gasteiger partial charge in [-0.3, -0.25) is 4.79 Å². The molecule has 1 rings (SSSR count). The Morgan fingerprint density at radius 1 is 1.30 bits per heavy atom. The standard InChI is InChI=1S/C15H30N2O3/c1-4-19-9-10-20-13-5-7-17(8-6-13)15(18)14(16)11-12(2)3/h12-14H,4-11,16H2,1-3H3/t14-/m0/s1. The number of rotatable bonds is 8. The lowest BCUT2D eigenvalue weighted by Gasteiger charge is -2.33. The zero-order chi connectivity index (χ0) is 15.0. The number of hydrogen-bond donors (Lipinski definition) is 1. The van der Waals surface area contributed by atoms with E-state index in [1.165, 1.54) is 0 Å². The first kappa shape index (κ1) is 17.4. The molecule has 1 saturated heterocycles. The van der Waals surface area contributed by atoms with E-state index in [2.05, 4.69) is 13.8 Å². The van der Waals surface area contributed by atoms with E-state index in [4.69, 9.17) is 15.2 Å². The van der Waals surface area contributed by atoms with Crippen molar-refractivity contribution in [3.8, 4) is 0 Å². The first-order valence-electron chi connectivity index (χ1n) is 7.78. The van der Waals surface area contributed by atoms with Crippen LogP contribution in [0.5, 0.6) is 0 Å². The lowest BCUT2D eigenvalue weighted by atomic mass is 10.0. The summed E-state index contributed by atoms with van der Waals surface area (Å²) >= 11 is 0. The first-order valence-corrected chi connectivity index (χ1v) is 7.78. The molecule has 1 fully saturated rings. The zero-order valence-corrected chi connectivity index (χ0v) is 13.1. The number of nitrogens with two attached hydrogens (primary N) is 1. The minimum atomic E-state index is -0.356. The topological polar surface area (TPSA) is 64.8 Å². The van der Waals surface area contributed by atoms with Gasteiger partial charge in [-0.2, -0.15) is 0 Å². The molecule has 0 spiro atoms. The summed E-state index contributed by atoms with van der Waals surface area (Å²) in [6.45, 7) is 9.67. The number of amides is 1. The second-order valence-corrected chi connectivity index (χ2v) is 5.83. The Balaban J connectivity index is 2.22. The summed E-state index contributed by atoms with van der Waals surface area (Å²) in [5, 5.41) is 0. The quantitative estimate of drug-likeness (QED) is 0.685. The average Bonchev–Trinajstić information content (AvgIpc) is 2.43. The molecule has 1 aliphatic rings. The summed E-state index contributed by atoms with van der Waals surface area (Å²) < 4.78 is 11.0. The second kappa shape index (κ2) is 9.32. The predicted octanol–water partition coefficient (Wildman–Crippen LogP) is 1.40. The summed E-state index contributed by atoms with van der Waals surface area (Å²) in [5.41, 5.74) is 5.96. The Labute approximate surface area is 122 Å². The van der Waals surface area contributed by atoms with Crippen molar-refractivity contribution in [3.05, 3.63) is 0 Å². The summed E-state index contributed by atoms with van der Waals surface area (Å²) in [4.78, 5) is 14.1. The number of nitrogens with zero attached hydrogens (tertiary/aromatic N) is 1. The number of hydrogen-bond acceptors (Lipinski definition) is 4. The van der Waals surface area contributed by atoms with E-state index < -0.39 is 0 Å². The highest BCUT2D eigenvalue weighted by atomic mass is 16.5. The highest BCUT2D eigenvalue weighted by molar-refractivity contribution is 5.81. The molecule has 0 unspecified atom stereocenters. The minimum absolute atomic E-state index is 0.0893. The van der Waals surface area contributed by atoms with E-state index >= 15 is 0 Å². The third kappa shape index (κ3) is 6.20. The molecule has 0 aromatic heterocycles. The Bertz CT molecular complexity index is 276. The van der Waals surface area contributed by atoms with E-state index in [9.17, 15) is 4.79 Å². The summed E-state index contributed by atoms with van der Waals surface area (Å²) in [7, 11) is 0. The molecular formula is C15H30N2O3. The fourth-order valence-electron chi connectivity index (χ4n) is 2.50. The third-order valence-electron chi connectivity index (χ3n) is 3.58. The number of carbonyl (C=O) groups excluding carboxylic acids is 1. The van der Waals surface area contributed by atoms with Gasteiger partial charge in [-0.05, 0) is 32.1 Å². The molecule has 0 radical (unpaired) electrons. The van der Waals surface area contributed by atoms with E-state index in [0.29, 0.717) is 19.1 Å². The van der Waals surface area contributed by atoms with Gasteiger partial charge in [-0.15, -0.1) is 0 Å². The van der Waals surface area contributed by atoms with Crippen LogP contribution in [0.15, 0.2) is 0 Å². The lowest BCUT2D eigenvalue weighted by molar-refractivity contribution is -0.135. The number of ether oxygens (including phenoxy) is 2. The van der Waals surface area contributed by atoms with Crippen molar-refractivity contribution < 1.29 is 14.3 Å². The van der Waals surface area contributed by atoms with Gasteiger partial charge in [0.25, 0.3) is 0 Å². The largest absolute Gasteiger partial charge is 0.379 e. The Kier molecular flexibility index (Phi) is 8.11. The van der Waals surface area contributed by atoms with Crippen molar-refractivity contribution in [3.63, 3.8) is 0 Å². The average molecular weight is 286 g/mol. The van der Waals surface area contributed by atoms with Crippen molar-refractivity contribution >= 4 is 5.91 Å². The minimum Gasteiger partial charge on any atom is -0.379 e. The Morgan fingerprint density at radius 2 is 1.95 bits per heavy atom. The molecule has 1 heterocycles. The van der Waals surface area contributed by atoms with Crippen LogP contribution in [0, 0.1) is 5.92 Å². The molecule has 5 heteroatoms. The smallest absolute Gasteiger partial charge is 0.239 e. The summed E-state index contributed by atoms with van der Waals surface area (Å²) in [5.74, 6) is 0.542. The summed E-state index contributed by atoms with van der Waals surface area (Å²) in [6, 6.07) is -0.356. The van der Waals surface area contributed by atoms with Gasteiger partial charge in [0.15, 0.2) is 0 Å². The number of piperidine rings is 1. The van der Waals surface area contributed by atoms with Gasteiger partial charge in [-0.1, -0.05) is 13.8 Å². The molecule has 5 nitrogen and oxygen atoms in total. The maximum atomic E-state index is 12.2. The highest BCUT2D eigenvalue weighted by Gasteiger charge is 2.26. The van der Waals surface area contributed by atoms with Crippen LogP contribution in [-0.4, -0.2) is 55.9 Å². The van der Waals surface area contributed by atoms with Crippen LogP contribution in [0.2, 0.25) is 0 Å². The van der Waals surface area contributed by atoms with Gasteiger partial charge in [0.05, 0.1) is 25.4 Å².